The molecule has 4 rings (SSSR count). The first-order valence-corrected chi connectivity index (χ1v) is 7.36. The number of nitrogens with zero attached hydrogens (tertiary/aromatic N) is 1. The lowest BCUT2D eigenvalue weighted by atomic mass is 9.89. The zero-order valence-electron chi connectivity index (χ0n) is 10.9. The number of halogens is 1. The quantitative estimate of drug-likeness (QED) is 0.723. The smallest absolute Gasteiger partial charge is 0.336 e. The number of carboxylic acid groups (broad SMARTS) is 1. The van der Waals surface area contributed by atoms with Crippen molar-refractivity contribution in [2.75, 3.05) is 0 Å². The summed E-state index contributed by atoms with van der Waals surface area (Å²) in [6, 6.07) is 7.38. The number of hydrogen-bond donors (Lipinski definition) is 1. The summed E-state index contributed by atoms with van der Waals surface area (Å²) in [7, 11) is 0. The molecule has 0 spiro atoms. The second kappa shape index (κ2) is 4.43. The Morgan fingerprint density at radius 1 is 1.29 bits per heavy atom. The minimum atomic E-state index is -0.913. The van der Waals surface area contributed by atoms with Crippen molar-refractivity contribution in [1.29, 1.82) is 0 Å². The van der Waals surface area contributed by atoms with Crippen LogP contribution in [0, 0.1) is 0 Å². The maximum absolute atomic E-state index is 11.8. The molecule has 0 unspecified atom stereocenters. The van der Waals surface area contributed by atoms with Gasteiger partial charge in [-0.05, 0) is 36.2 Å². The van der Waals surface area contributed by atoms with Gasteiger partial charge in [0.1, 0.15) is 5.76 Å². The number of rotatable bonds is 1. The number of pyridine rings is 1. The topological polar surface area (TPSA) is 63.3 Å². The highest BCUT2D eigenvalue weighted by molar-refractivity contribution is 9.10. The van der Waals surface area contributed by atoms with Gasteiger partial charge in [-0.1, -0.05) is 15.9 Å². The first-order valence-electron chi connectivity index (χ1n) is 6.57. The Kier molecular flexibility index (Phi) is 2.65. The van der Waals surface area contributed by atoms with Crippen LogP contribution in [-0.2, 0) is 12.8 Å². The van der Waals surface area contributed by atoms with Gasteiger partial charge in [0, 0.05) is 21.8 Å². The fraction of sp³-hybridized carbons (Fsp3) is 0.125. The fourth-order valence-electron chi connectivity index (χ4n) is 2.97. The molecule has 0 aliphatic heterocycles. The third kappa shape index (κ3) is 1.81. The molecule has 4 nitrogen and oxygen atoms in total. The maximum Gasteiger partial charge on any atom is 0.336 e. The Hall–Kier alpha value is -2.14. The Bertz CT molecular complexity index is 898. The molecule has 5 heteroatoms. The first-order chi connectivity index (χ1) is 10.1. The molecule has 0 bridgehead atoms. The molecule has 2 heterocycles. The van der Waals surface area contributed by atoms with Crippen LogP contribution in [0.15, 0.2) is 39.4 Å². The molecule has 3 aromatic rings. The van der Waals surface area contributed by atoms with E-state index in [2.05, 4.69) is 20.9 Å². The number of fused-ring (bicyclic) bond motifs is 4. The Balaban J connectivity index is 2.15. The van der Waals surface area contributed by atoms with E-state index in [1.54, 1.807) is 6.26 Å². The van der Waals surface area contributed by atoms with Crippen molar-refractivity contribution in [2.24, 2.45) is 0 Å². The number of aryl methyl sites for hydroxylation is 1. The van der Waals surface area contributed by atoms with E-state index in [9.17, 15) is 9.90 Å². The summed E-state index contributed by atoms with van der Waals surface area (Å²) >= 11 is 3.40. The van der Waals surface area contributed by atoms with Gasteiger partial charge >= 0.3 is 5.97 Å². The molecule has 1 aliphatic rings. The van der Waals surface area contributed by atoms with Gasteiger partial charge in [0.25, 0.3) is 0 Å². The van der Waals surface area contributed by atoms with Crippen molar-refractivity contribution >= 4 is 32.8 Å². The minimum absolute atomic E-state index is 0.350. The summed E-state index contributed by atoms with van der Waals surface area (Å²) < 4.78 is 6.30. The highest BCUT2D eigenvalue weighted by atomic mass is 79.9. The molecule has 0 fully saturated rings. The molecule has 0 atom stereocenters. The fourth-order valence-corrected chi connectivity index (χ4v) is 3.33. The van der Waals surface area contributed by atoms with Crippen molar-refractivity contribution in [3.63, 3.8) is 0 Å². The summed E-state index contributed by atoms with van der Waals surface area (Å²) in [4.78, 5) is 16.5. The van der Waals surface area contributed by atoms with Gasteiger partial charge in [0.15, 0.2) is 0 Å². The maximum atomic E-state index is 11.8. The summed E-state index contributed by atoms with van der Waals surface area (Å²) in [6.45, 7) is 0. The van der Waals surface area contributed by atoms with Crippen LogP contribution in [-0.4, -0.2) is 16.1 Å². The average molecular weight is 344 g/mol. The van der Waals surface area contributed by atoms with Crippen molar-refractivity contribution in [1.82, 2.24) is 4.98 Å². The van der Waals surface area contributed by atoms with Gasteiger partial charge in [0.2, 0.25) is 0 Å². The summed E-state index contributed by atoms with van der Waals surface area (Å²) in [5, 5.41) is 10.3. The van der Waals surface area contributed by atoms with Crippen molar-refractivity contribution in [2.45, 2.75) is 12.8 Å². The lowest BCUT2D eigenvalue weighted by Gasteiger charge is -2.18. The third-order valence-corrected chi connectivity index (χ3v) is 4.36. The third-order valence-electron chi connectivity index (χ3n) is 3.86. The van der Waals surface area contributed by atoms with Gasteiger partial charge in [-0.15, -0.1) is 0 Å². The molecule has 0 amide bonds. The van der Waals surface area contributed by atoms with Crippen LogP contribution >= 0.6 is 15.9 Å². The van der Waals surface area contributed by atoms with E-state index in [-0.39, 0.29) is 0 Å². The highest BCUT2D eigenvalue weighted by Crippen LogP contribution is 2.37. The standard InChI is InChI=1S/C16H10BrNO3/c17-8-1-3-12-11(7-8)14(16(19)20)10-2-4-13-9(5-6-21-13)15(10)18-12/h1,3,5-7H,2,4H2,(H,19,20). The van der Waals surface area contributed by atoms with E-state index in [1.165, 1.54) is 0 Å². The molecule has 1 aromatic carbocycles. The van der Waals surface area contributed by atoms with Crippen LogP contribution in [0.25, 0.3) is 22.2 Å². The molecule has 0 saturated heterocycles. The van der Waals surface area contributed by atoms with E-state index in [1.807, 2.05) is 24.3 Å². The number of aromatic carboxylic acids is 1. The predicted octanol–water partition coefficient (Wildman–Crippen LogP) is 4.05. The van der Waals surface area contributed by atoms with Gasteiger partial charge in [-0.3, -0.25) is 0 Å². The van der Waals surface area contributed by atoms with Crippen LogP contribution < -0.4 is 0 Å². The Morgan fingerprint density at radius 3 is 2.95 bits per heavy atom. The summed E-state index contributed by atoms with van der Waals surface area (Å²) in [6.07, 6.45) is 2.97. The molecule has 21 heavy (non-hydrogen) atoms. The van der Waals surface area contributed by atoms with Gasteiger partial charge in [0.05, 0.1) is 23.0 Å². The van der Waals surface area contributed by atoms with E-state index >= 15 is 0 Å². The number of aromatic nitrogens is 1. The van der Waals surface area contributed by atoms with Gasteiger partial charge in [-0.25, -0.2) is 9.78 Å². The molecular formula is C16H10BrNO3. The lowest BCUT2D eigenvalue weighted by Crippen LogP contribution is -2.12. The van der Waals surface area contributed by atoms with Crippen LogP contribution in [0.3, 0.4) is 0 Å². The van der Waals surface area contributed by atoms with Crippen LogP contribution in [0.4, 0.5) is 0 Å². The molecule has 2 aromatic heterocycles. The van der Waals surface area contributed by atoms with Crippen LogP contribution in [0.1, 0.15) is 21.7 Å². The van der Waals surface area contributed by atoms with Gasteiger partial charge < -0.3 is 9.52 Å². The van der Waals surface area contributed by atoms with E-state index < -0.39 is 5.97 Å². The molecule has 0 radical (unpaired) electrons. The van der Waals surface area contributed by atoms with Crippen LogP contribution in [0.2, 0.25) is 0 Å². The second-order valence-corrected chi connectivity index (χ2v) is 5.95. The number of furan rings is 1. The normalized spacial score (nSPS) is 13.0. The predicted molar refractivity (Wildman–Crippen MR) is 81.5 cm³/mol. The van der Waals surface area contributed by atoms with E-state index in [0.29, 0.717) is 29.3 Å². The van der Waals surface area contributed by atoms with Crippen molar-refractivity contribution < 1.29 is 14.3 Å². The summed E-state index contributed by atoms with van der Waals surface area (Å²) in [5.74, 6) is -0.0357. The monoisotopic (exact) mass is 343 g/mol. The van der Waals surface area contributed by atoms with Crippen molar-refractivity contribution in [3.05, 3.63) is 51.9 Å². The van der Waals surface area contributed by atoms with E-state index in [0.717, 1.165) is 27.1 Å². The van der Waals surface area contributed by atoms with Crippen LogP contribution in [0.5, 0.6) is 0 Å². The molecule has 104 valence electrons. The Morgan fingerprint density at radius 2 is 2.14 bits per heavy atom. The number of carboxylic acids is 1. The zero-order chi connectivity index (χ0) is 14.6. The highest BCUT2D eigenvalue weighted by Gasteiger charge is 2.27. The van der Waals surface area contributed by atoms with Crippen molar-refractivity contribution in [3.8, 4) is 11.3 Å². The number of benzene rings is 1. The molecule has 1 aliphatic carbocycles. The SMILES string of the molecule is O=C(O)c1c2c(nc3ccc(Br)cc13)-c1ccoc1CC2. The molecule has 0 saturated carbocycles. The molecular weight excluding hydrogens is 334 g/mol. The van der Waals surface area contributed by atoms with Gasteiger partial charge in [-0.2, -0.15) is 0 Å². The average Bonchev–Trinajstić information content (AvgIpc) is 2.93. The second-order valence-electron chi connectivity index (χ2n) is 5.04. The lowest BCUT2D eigenvalue weighted by molar-refractivity contribution is 0.0697. The largest absolute Gasteiger partial charge is 0.478 e. The number of hydrogen-bond acceptors (Lipinski definition) is 3. The number of carbonyl (C=O) groups is 1. The first kappa shape index (κ1) is 12.6. The van der Waals surface area contributed by atoms with E-state index in [4.69, 9.17) is 4.42 Å². The molecule has 1 N–H and O–H groups in total. The minimum Gasteiger partial charge on any atom is -0.478 e. The summed E-state index contributed by atoms with van der Waals surface area (Å²) in [5.41, 5.74) is 3.47. The zero-order valence-corrected chi connectivity index (χ0v) is 12.5. The Labute approximate surface area is 128 Å².